The maximum absolute atomic E-state index is 4.32. The monoisotopic (exact) mass is 292 g/mol. The van der Waals surface area contributed by atoms with Gasteiger partial charge in [0.05, 0.1) is 15.9 Å². The summed E-state index contributed by atoms with van der Waals surface area (Å²) in [6.07, 6.45) is 1.87. The minimum absolute atomic E-state index is 0.363. The minimum Gasteiger partial charge on any atom is -0.336 e. The van der Waals surface area contributed by atoms with Crippen molar-refractivity contribution in [3.05, 3.63) is 15.7 Å². The predicted octanol–water partition coefficient (Wildman–Crippen LogP) is 0.590. The molecule has 2 N–H and O–H groups in total. The molecule has 72 valence electrons. The van der Waals surface area contributed by atoms with Crippen LogP contribution in [0.5, 0.6) is 0 Å². The summed E-state index contributed by atoms with van der Waals surface area (Å²) in [4.78, 5) is 9.89. The summed E-state index contributed by atoms with van der Waals surface area (Å²) in [6, 6.07) is 0.363. The maximum Gasteiger partial charge on any atom is 0.125 e. The van der Waals surface area contributed by atoms with Crippen LogP contribution in [0.3, 0.4) is 0 Å². The van der Waals surface area contributed by atoms with E-state index < -0.39 is 0 Å². The average molecular weight is 292 g/mol. The molecule has 0 bridgehead atoms. The van der Waals surface area contributed by atoms with Crippen LogP contribution in [0.15, 0.2) is 6.20 Å². The number of aromatic nitrogens is 2. The van der Waals surface area contributed by atoms with Crippen LogP contribution >= 0.6 is 22.6 Å². The van der Waals surface area contributed by atoms with Crippen LogP contribution in [0.25, 0.3) is 0 Å². The lowest BCUT2D eigenvalue weighted by Gasteiger charge is -2.29. The van der Waals surface area contributed by atoms with Gasteiger partial charge in [-0.3, -0.25) is 0 Å². The van der Waals surface area contributed by atoms with Gasteiger partial charge in [-0.1, -0.05) is 0 Å². The van der Waals surface area contributed by atoms with Gasteiger partial charge in [-0.05, 0) is 29.6 Å². The van der Waals surface area contributed by atoms with Crippen molar-refractivity contribution in [3.8, 4) is 0 Å². The Balaban J connectivity index is 2.08. The van der Waals surface area contributed by atoms with E-state index in [4.69, 9.17) is 0 Å². The molecule has 1 aliphatic rings. The first-order valence-electron chi connectivity index (χ1n) is 4.38. The van der Waals surface area contributed by atoms with Gasteiger partial charge in [0.15, 0.2) is 0 Å². The Bertz CT molecular complexity index is 285. The van der Waals surface area contributed by atoms with Crippen LogP contribution in [-0.2, 0) is 0 Å². The maximum atomic E-state index is 4.32. The molecule has 0 aromatic carbocycles. The summed E-state index contributed by atoms with van der Waals surface area (Å²) in [5.74, 6) is 1.05. The zero-order valence-corrected chi connectivity index (χ0v) is 9.71. The van der Waals surface area contributed by atoms with E-state index in [0.29, 0.717) is 6.04 Å². The summed E-state index contributed by atoms with van der Waals surface area (Å²) in [6.45, 7) is 3.19. The second-order valence-electron chi connectivity index (χ2n) is 3.39. The van der Waals surface area contributed by atoms with Gasteiger partial charge in [0, 0.05) is 19.6 Å². The number of hydrogen-bond acceptors (Lipinski definition) is 3. The fourth-order valence-electron chi connectivity index (χ4n) is 1.57. The van der Waals surface area contributed by atoms with E-state index >= 15 is 0 Å². The number of imidazole rings is 1. The lowest BCUT2D eigenvalue weighted by Crippen LogP contribution is -2.44. The van der Waals surface area contributed by atoms with Gasteiger partial charge in [0.1, 0.15) is 5.82 Å². The van der Waals surface area contributed by atoms with Crippen molar-refractivity contribution < 1.29 is 0 Å². The molecule has 0 radical (unpaired) electrons. The van der Waals surface area contributed by atoms with Crippen LogP contribution in [0.2, 0.25) is 0 Å². The van der Waals surface area contributed by atoms with Gasteiger partial charge in [-0.25, -0.2) is 4.98 Å². The highest BCUT2D eigenvalue weighted by Crippen LogP contribution is 2.13. The van der Waals surface area contributed by atoms with Gasteiger partial charge in [0.25, 0.3) is 0 Å². The second-order valence-corrected chi connectivity index (χ2v) is 4.55. The molecule has 0 aliphatic carbocycles. The van der Waals surface area contributed by atoms with E-state index in [1.807, 2.05) is 6.20 Å². The fraction of sp³-hybridized carbons (Fsp3) is 0.625. The Morgan fingerprint density at radius 2 is 2.54 bits per heavy atom. The summed E-state index contributed by atoms with van der Waals surface area (Å²) in [5.41, 5.74) is 0. The van der Waals surface area contributed by atoms with Gasteiger partial charge in [-0.2, -0.15) is 0 Å². The average Bonchev–Trinajstić information content (AvgIpc) is 2.52. The quantitative estimate of drug-likeness (QED) is 0.745. The van der Waals surface area contributed by atoms with E-state index in [-0.39, 0.29) is 0 Å². The van der Waals surface area contributed by atoms with Gasteiger partial charge in [0.2, 0.25) is 0 Å². The Kier molecular flexibility index (Phi) is 2.85. The molecule has 0 amide bonds. The molecule has 0 saturated carbocycles. The Morgan fingerprint density at radius 3 is 3.15 bits per heavy atom. The van der Waals surface area contributed by atoms with Crippen LogP contribution < -0.4 is 5.32 Å². The number of H-pyrrole nitrogens is 1. The van der Waals surface area contributed by atoms with E-state index in [2.05, 4.69) is 49.8 Å². The molecule has 0 spiro atoms. The third-order valence-electron chi connectivity index (χ3n) is 2.27. The van der Waals surface area contributed by atoms with Crippen LogP contribution in [0.1, 0.15) is 11.9 Å². The SMILES string of the molecule is CN1CCNC(c2ncc(I)[nH]2)C1. The highest BCUT2D eigenvalue weighted by Gasteiger charge is 2.20. The molecule has 2 rings (SSSR count). The third-order valence-corrected chi connectivity index (χ3v) is 2.82. The lowest BCUT2D eigenvalue weighted by molar-refractivity contribution is 0.236. The zero-order chi connectivity index (χ0) is 9.26. The molecule has 1 atom stereocenters. The molecular formula is C8H13IN4. The molecule has 1 fully saturated rings. The Morgan fingerprint density at radius 1 is 1.69 bits per heavy atom. The number of likely N-dealkylation sites (N-methyl/N-ethyl adjacent to an activating group) is 1. The van der Waals surface area contributed by atoms with Crippen LogP contribution in [-0.4, -0.2) is 41.5 Å². The first-order valence-corrected chi connectivity index (χ1v) is 5.46. The van der Waals surface area contributed by atoms with Crippen molar-refractivity contribution >= 4 is 22.6 Å². The predicted molar refractivity (Wildman–Crippen MR) is 59.5 cm³/mol. The summed E-state index contributed by atoms with van der Waals surface area (Å²) < 4.78 is 1.10. The summed E-state index contributed by atoms with van der Waals surface area (Å²) in [7, 11) is 2.14. The first kappa shape index (κ1) is 9.42. The van der Waals surface area contributed by atoms with Gasteiger partial charge < -0.3 is 15.2 Å². The largest absolute Gasteiger partial charge is 0.336 e. The Labute approximate surface area is 91.3 Å². The number of nitrogens with zero attached hydrogens (tertiary/aromatic N) is 2. The lowest BCUT2D eigenvalue weighted by atomic mass is 10.2. The van der Waals surface area contributed by atoms with Gasteiger partial charge >= 0.3 is 0 Å². The number of rotatable bonds is 1. The van der Waals surface area contributed by atoms with Gasteiger partial charge in [-0.15, -0.1) is 0 Å². The topological polar surface area (TPSA) is 44.0 Å². The van der Waals surface area contributed by atoms with E-state index in [1.165, 1.54) is 0 Å². The van der Waals surface area contributed by atoms with E-state index in [1.54, 1.807) is 0 Å². The van der Waals surface area contributed by atoms with E-state index in [0.717, 1.165) is 29.2 Å². The summed E-state index contributed by atoms with van der Waals surface area (Å²) >= 11 is 2.24. The van der Waals surface area contributed by atoms with Crippen molar-refractivity contribution in [1.29, 1.82) is 0 Å². The number of halogens is 1. The Hall–Kier alpha value is -0.140. The first-order chi connectivity index (χ1) is 6.25. The molecule has 2 heterocycles. The highest BCUT2D eigenvalue weighted by molar-refractivity contribution is 14.1. The second kappa shape index (κ2) is 3.93. The smallest absolute Gasteiger partial charge is 0.125 e. The molecule has 5 heteroatoms. The summed E-state index contributed by atoms with van der Waals surface area (Å²) in [5, 5.41) is 3.44. The minimum atomic E-state index is 0.363. The molecule has 1 saturated heterocycles. The number of aromatic amines is 1. The molecule has 1 unspecified atom stereocenters. The van der Waals surface area contributed by atoms with Crippen molar-refractivity contribution in [3.63, 3.8) is 0 Å². The van der Waals surface area contributed by atoms with Crippen molar-refractivity contribution in [2.45, 2.75) is 6.04 Å². The normalized spacial score (nSPS) is 24.9. The van der Waals surface area contributed by atoms with Crippen LogP contribution in [0, 0.1) is 3.70 Å². The number of nitrogens with one attached hydrogen (secondary N) is 2. The van der Waals surface area contributed by atoms with Crippen molar-refractivity contribution in [1.82, 2.24) is 20.2 Å². The highest BCUT2D eigenvalue weighted by atomic mass is 127. The zero-order valence-electron chi connectivity index (χ0n) is 7.55. The molecule has 1 aliphatic heterocycles. The van der Waals surface area contributed by atoms with Crippen molar-refractivity contribution in [2.24, 2.45) is 0 Å². The third kappa shape index (κ3) is 2.21. The molecule has 4 nitrogen and oxygen atoms in total. The molecule has 1 aromatic heterocycles. The van der Waals surface area contributed by atoms with Crippen molar-refractivity contribution in [2.75, 3.05) is 26.7 Å². The molecular weight excluding hydrogens is 279 g/mol. The fourth-order valence-corrected chi connectivity index (χ4v) is 1.99. The molecule has 1 aromatic rings. The number of hydrogen-bond donors (Lipinski definition) is 2. The molecule has 13 heavy (non-hydrogen) atoms. The number of piperazine rings is 1. The van der Waals surface area contributed by atoms with E-state index in [9.17, 15) is 0 Å². The standard InChI is InChI=1S/C8H13IN4/c1-13-3-2-10-6(5-13)8-11-4-7(9)12-8/h4,6,10H,2-3,5H2,1H3,(H,11,12). The van der Waals surface area contributed by atoms with Crippen LogP contribution in [0.4, 0.5) is 0 Å².